The molecule has 0 atom stereocenters. The van der Waals surface area contributed by atoms with Crippen LogP contribution in [0.3, 0.4) is 0 Å². The number of hydrogen-bond acceptors (Lipinski definition) is 3. The minimum Gasteiger partial charge on any atom is -0.343 e. The highest BCUT2D eigenvalue weighted by Gasteiger charge is 2.21. The van der Waals surface area contributed by atoms with Gasteiger partial charge in [-0.15, -0.1) is 0 Å². The predicted octanol–water partition coefficient (Wildman–Crippen LogP) is 4.81. The van der Waals surface area contributed by atoms with Crippen molar-refractivity contribution in [2.75, 3.05) is 5.32 Å². The average molecular weight is 404 g/mol. The van der Waals surface area contributed by atoms with Gasteiger partial charge in [0.2, 0.25) is 0 Å². The monoisotopic (exact) mass is 403 g/mol. The summed E-state index contributed by atoms with van der Waals surface area (Å²) in [6.45, 7) is 8.60. The fraction of sp³-hybridized carbons (Fsp3) is 0.320. The first-order valence-corrected chi connectivity index (χ1v) is 10.4. The van der Waals surface area contributed by atoms with Gasteiger partial charge < -0.3 is 9.88 Å². The van der Waals surface area contributed by atoms with Crippen LogP contribution < -0.4 is 10.7 Å². The van der Waals surface area contributed by atoms with E-state index in [1.54, 1.807) is 18.5 Å². The number of carbonyl (C=O) groups is 1. The summed E-state index contributed by atoms with van der Waals surface area (Å²) in [6.07, 6.45) is 6.08. The molecule has 0 radical (unpaired) electrons. The first-order valence-electron chi connectivity index (χ1n) is 10.4. The van der Waals surface area contributed by atoms with Crippen LogP contribution >= 0.6 is 0 Å². The summed E-state index contributed by atoms with van der Waals surface area (Å²) in [5.41, 5.74) is 5.57. The Labute approximate surface area is 177 Å². The number of carbonyl (C=O) groups excluding carboxylic acids is 1. The van der Waals surface area contributed by atoms with Gasteiger partial charge in [0.15, 0.2) is 5.43 Å². The maximum atomic E-state index is 13.3. The summed E-state index contributed by atoms with van der Waals surface area (Å²) in [6, 6.07) is 11.3. The Balaban J connectivity index is 2.07. The Morgan fingerprint density at radius 2 is 1.83 bits per heavy atom. The summed E-state index contributed by atoms with van der Waals surface area (Å²) < 4.78 is 2.09. The van der Waals surface area contributed by atoms with Gasteiger partial charge in [-0.25, -0.2) is 0 Å². The van der Waals surface area contributed by atoms with Crippen molar-refractivity contribution >= 4 is 11.6 Å². The average Bonchev–Trinajstić information content (AvgIpc) is 2.72. The van der Waals surface area contributed by atoms with Crippen molar-refractivity contribution in [1.82, 2.24) is 9.55 Å². The van der Waals surface area contributed by atoms with E-state index in [1.165, 1.54) is 0 Å². The highest BCUT2D eigenvalue weighted by Crippen LogP contribution is 2.20. The van der Waals surface area contributed by atoms with E-state index in [2.05, 4.69) is 21.8 Å². The number of rotatable bonds is 7. The third kappa shape index (κ3) is 4.67. The van der Waals surface area contributed by atoms with Crippen LogP contribution in [0.15, 0.2) is 53.6 Å². The lowest BCUT2D eigenvalue weighted by Gasteiger charge is -2.20. The van der Waals surface area contributed by atoms with E-state index in [0.717, 1.165) is 46.6 Å². The molecule has 156 valence electrons. The third-order valence-corrected chi connectivity index (χ3v) is 5.56. The number of nitrogens with one attached hydrogen (secondary N) is 1. The summed E-state index contributed by atoms with van der Waals surface area (Å²) in [5, 5.41) is 2.97. The van der Waals surface area contributed by atoms with Crippen LogP contribution in [0.1, 0.15) is 58.2 Å². The second-order valence-electron chi connectivity index (χ2n) is 7.72. The molecule has 0 saturated carbocycles. The zero-order valence-corrected chi connectivity index (χ0v) is 18.2. The topological polar surface area (TPSA) is 64.0 Å². The van der Waals surface area contributed by atoms with Crippen molar-refractivity contribution in [3.63, 3.8) is 0 Å². The molecule has 5 heteroatoms. The highest BCUT2D eigenvalue weighted by molar-refractivity contribution is 6.05. The molecule has 1 aromatic carbocycles. The van der Waals surface area contributed by atoms with Crippen LogP contribution in [-0.4, -0.2) is 15.5 Å². The molecule has 0 spiro atoms. The molecular formula is C25H29N3O2. The van der Waals surface area contributed by atoms with Crippen LogP contribution in [0.2, 0.25) is 0 Å². The summed E-state index contributed by atoms with van der Waals surface area (Å²) in [5.74, 6) is -0.344. The number of hydrogen-bond donors (Lipinski definition) is 1. The molecule has 30 heavy (non-hydrogen) atoms. The lowest BCUT2D eigenvalue weighted by atomic mass is 10.0. The van der Waals surface area contributed by atoms with E-state index in [9.17, 15) is 9.59 Å². The fourth-order valence-electron chi connectivity index (χ4n) is 3.64. The first kappa shape index (κ1) is 21.5. The normalized spacial score (nSPS) is 10.8. The van der Waals surface area contributed by atoms with Crippen LogP contribution in [-0.2, 0) is 13.0 Å². The Bertz CT molecular complexity index is 1100. The smallest absolute Gasteiger partial charge is 0.261 e. The molecule has 0 aliphatic carbocycles. The SMILES string of the molecule is CCCCc1c(C(=O)Nc2cccc(C)c2C)c(=O)cc(C)n1Cc1ccncc1. The van der Waals surface area contributed by atoms with Crippen LogP contribution in [0.5, 0.6) is 0 Å². The number of amides is 1. The molecule has 2 heterocycles. The molecule has 1 N–H and O–H groups in total. The van der Waals surface area contributed by atoms with Crippen molar-refractivity contribution in [1.29, 1.82) is 0 Å². The van der Waals surface area contributed by atoms with Crippen molar-refractivity contribution < 1.29 is 4.79 Å². The van der Waals surface area contributed by atoms with E-state index in [4.69, 9.17) is 0 Å². The third-order valence-electron chi connectivity index (χ3n) is 5.56. The molecule has 3 aromatic rings. The van der Waals surface area contributed by atoms with Crippen LogP contribution in [0.25, 0.3) is 0 Å². The van der Waals surface area contributed by atoms with Gasteiger partial charge in [-0.1, -0.05) is 25.5 Å². The number of aryl methyl sites for hydroxylation is 2. The zero-order chi connectivity index (χ0) is 21.7. The maximum Gasteiger partial charge on any atom is 0.261 e. The number of aromatic nitrogens is 2. The first-order chi connectivity index (χ1) is 14.4. The highest BCUT2D eigenvalue weighted by atomic mass is 16.2. The molecule has 2 aromatic heterocycles. The van der Waals surface area contributed by atoms with E-state index in [1.807, 2.05) is 51.1 Å². The quantitative estimate of drug-likeness (QED) is 0.616. The van der Waals surface area contributed by atoms with E-state index < -0.39 is 0 Å². The Hall–Kier alpha value is -3.21. The predicted molar refractivity (Wildman–Crippen MR) is 121 cm³/mol. The summed E-state index contributed by atoms with van der Waals surface area (Å²) in [7, 11) is 0. The van der Waals surface area contributed by atoms with Gasteiger partial charge in [-0.05, 0) is 68.5 Å². The molecule has 0 unspecified atom stereocenters. The maximum absolute atomic E-state index is 13.3. The second-order valence-corrected chi connectivity index (χ2v) is 7.72. The van der Waals surface area contributed by atoms with E-state index >= 15 is 0 Å². The van der Waals surface area contributed by atoms with Crippen LogP contribution in [0.4, 0.5) is 5.69 Å². The van der Waals surface area contributed by atoms with Gasteiger partial charge >= 0.3 is 0 Å². The Kier molecular flexibility index (Phi) is 6.83. The van der Waals surface area contributed by atoms with Crippen molar-refractivity contribution in [3.8, 4) is 0 Å². The number of nitrogens with zero attached hydrogens (tertiary/aromatic N) is 2. The molecule has 5 nitrogen and oxygen atoms in total. The minimum absolute atomic E-state index is 0.229. The van der Waals surface area contributed by atoms with Crippen molar-refractivity contribution in [3.05, 3.63) is 92.7 Å². The molecule has 0 bridgehead atoms. The summed E-state index contributed by atoms with van der Waals surface area (Å²) in [4.78, 5) is 30.3. The largest absolute Gasteiger partial charge is 0.343 e. The molecule has 0 fully saturated rings. The number of pyridine rings is 2. The molecule has 0 aliphatic rings. The van der Waals surface area contributed by atoms with E-state index in [-0.39, 0.29) is 16.9 Å². The van der Waals surface area contributed by atoms with Gasteiger partial charge in [0.1, 0.15) is 5.56 Å². The van der Waals surface area contributed by atoms with Crippen molar-refractivity contribution in [2.24, 2.45) is 0 Å². The minimum atomic E-state index is -0.344. The van der Waals surface area contributed by atoms with Gasteiger partial charge in [0.25, 0.3) is 5.91 Å². The lowest BCUT2D eigenvalue weighted by molar-refractivity contribution is 0.102. The Morgan fingerprint density at radius 1 is 1.10 bits per heavy atom. The molecule has 0 saturated heterocycles. The van der Waals surface area contributed by atoms with Gasteiger partial charge in [-0.2, -0.15) is 0 Å². The summed E-state index contributed by atoms with van der Waals surface area (Å²) >= 11 is 0. The molecular weight excluding hydrogens is 374 g/mol. The second kappa shape index (κ2) is 9.53. The molecule has 0 aliphatic heterocycles. The Morgan fingerprint density at radius 3 is 2.53 bits per heavy atom. The molecule has 3 rings (SSSR count). The van der Waals surface area contributed by atoms with Gasteiger partial charge in [-0.3, -0.25) is 14.6 Å². The van der Waals surface area contributed by atoms with Crippen LogP contribution in [0, 0.1) is 20.8 Å². The van der Waals surface area contributed by atoms with Gasteiger partial charge in [0.05, 0.1) is 0 Å². The number of benzene rings is 1. The molecule has 1 amide bonds. The number of anilines is 1. The lowest BCUT2D eigenvalue weighted by Crippen LogP contribution is -2.29. The standard InChI is InChI=1S/C25H29N3O2/c1-5-6-10-22-24(25(30)27-21-9-7-8-17(2)19(21)4)23(29)15-18(3)28(22)16-20-11-13-26-14-12-20/h7-9,11-15H,5-6,10,16H2,1-4H3,(H,27,30). The van der Waals surface area contributed by atoms with Gasteiger partial charge in [0, 0.05) is 42.1 Å². The van der Waals surface area contributed by atoms with E-state index in [0.29, 0.717) is 13.0 Å². The number of unbranched alkanes of at least 4 members (excludes halogenated alkanes) is 1. The fourth-order valence-corrected chi connectivity index (χ4v) is 3.64. The zero-order valence-electron chi connectivity index (χ0n) is 18.2. The van der Waals surface area contributed by atoms with Crippen molar-refractivity contribution in [2.45, 2.75) is 53.5 Å².